The molecule has 132 valence electrons. The van der Waals surface area contributed by atoms with Gasteiger partial charge in [0.2, 0.25) is 0 Å². The van der Waals surface area contributed by atoms with Gasteiger partial charge in [-0.25, -0.2) is 0 Å². The quantitative estimate of drug-likeness (QED) is 0.265. The fraction of sp³-hybridized carbons (Fsp3) is 1.00. The van der Waals surface area contributed by atoms with Crippen molar-refractivity contribution in [1.29, 1.82) is 0 Å². The Morgan fingerprint density at radius 3 is 2.78 bits per heavy atom. The molecule has 3 saturated heterocycles. The Balaban J connectivity index is 1.59. The number of fused-ring (bicyclic) bond motifs is 2. The molecule has 3 rings (SSSR count). The molecule has 8 nitrogen and oxygen atoms in total. The lowest BCUT2D eigenvalue weighted by Crippen LogP contribution is -2.45. The first-order valence-corrected chi connectivity index (χ1v) is 10.8. The number of aliphatic hydroxyl groups is 2. The number of ether oxygens (including phenoxy) is 3. The van der Waals surface area contributed by atoms with E-state index in [0.29, 0.717) is 6.42 Å². The fourth-order valence-corrected chi connectivity index (χ4v) is 5.24. The molecule has 0 saturated carbocycles. The van der Waals surface area contributed by atoms with Gasteiger partial charge in [-0.1, -0.05) is 15.9 Å². The zero-order valence-electron chi connectivity index (χ0n) is 12.4. The summed E-state index contributed by atoms with van der Waals surface area (Å²) in [5.41, 5.74) is -1.02. The van der Waals surface area contributed by atoms with E-state index in [1.165, 1.54) is 0 Å². The predicted molar refractivity (Wildman–Crippen MR) is 88.5 cm³/mol. The molecule has 0 radical (unpaired) electrons. The van der Waals surface area contributed by atoms with Gasteiger partial charge in [-0.15, -0.1) is 0 Å². The van der Waals surface area contributed by atoms with E-state index in [1.807, 2.05) is 0 Å². The molecule has 2 bridgehead atoms. The lowest BCUT2D eigenvalue weighted by Gasteiger charge is -2.30. The van der Waals surface area contributed by atoms with Crippen LogP contribution in [0.15, 0.2) is 0 Å². The SMILES string of the molecule is B[C@@H]1O[C@@]2(CO)COC1C2OP(O)(=S)OC[C@H]1O[C@@H](Br)CC1O. The van der Waals surface area contributed by atoms with Crippen LogP contribution in [0.5, 0.6) is 0 Å². The number of halogens is 1. The summed E-state index contributed by atoms with van der Waals surface area (Å²) in [6.07, 6.45) is -1.97. The van der Waals surface area contributed by atoms with Crippen LogP contribution in [-0.2, 0) is 35.1 Å². The highest BCUT2D eigenvalue weighted by atomic mass is 79.9. The average molecular weight is 433 g/mol. The minimum Gasteiger partial charge on any atom is -0.393 e. The maximum atomic E-state index is 10.3. The third kappa shape index (κ3) is 3.70. The molecule has 23 heavy (non-hydrogen) atoms. The fourth-order valence-electron chi connectivity index (χ4n) is 3.12. The average Bonchev–Trinajstić information content (AvgIpc) is 3.06. The van der Waals surface area contributed by atoms with Gasteiger partial charge < -0.3 is 33.8 Å². The lowest BCUT2D eigenvalue weighted by atomic mass is 9.92. The Bertz CT molecular complexity index is 503. The molecular weight excluding hydrogens is 414 g/mol. The van der Waals surface area contributed by atoms with Gasteiger partial charge in [0.15, 0.2) is 0 Å². The van der Waals surface area contributed by atoms with Crippen molar-refractivity contribution in [2.45, 2.75) is 47.5 Å². The smallest absolute Gasteiger partial charge is 0.325 e. The number of hydrogen-bond acceptors (Lipinski definition) is 8. The van der Waals surface area contributed by atoms with Crippen LogP contribution in [0.25, 0.3) is 0 Å². The van der Waals surface area contributed by atoms with Gasteiger partial charge in [-0.2, -0.15) is 0 Å². The second-order valence-corrected chi connectivity index (χ2v) is 9.81. The molecule has 4 unspecified atom stereocenters. The zero-order chi connectivity index (χ0) is 16.8. The van der Waals surface area contributed by atoms with Crippen molar-refractivity contribution in [2.24, 2.45) is 0 Å². The van der Waals surface area contributed by atoms with E-state index >= 15 is 0 Å². The van der Waals surface area contributed by atoms with Gasteiger partial charge in [-0.3, -0.25) is 4.52 Å². The summed E-state index contributed by atoms with van der Waals surface area (Å²) >= 11 is 8.28. The minimum absolute atomic E-state index is 0.0855. The molecule has 0 aromatic rings. The number of aliphatic hydroxyl groups excluding tert-OH is 2. The van der Waals surface area contributed by atoms with E-state index in [0.717, 1.165) is 0 Å². The van der Waals surface area contributed by atoms with Gasteiger partial charge in [0.25, 0.3) is 0 Å². The van der Waals surface area contributed by atoms with Crippen LogP contribution in [0.1, 0.15) is 6.42 Å². The molecule has 0 aromatic carbocycles. The lowest BCUT2D eigenvalue weighted by molar-refractivity contribution is -0.136. The molecule has 3 fully saturated rings. The molecule has 3 aliphatic rings. The second-order valence-electron chi connectivity index (χ2n) is 6.00. The van der Waals surface area contributed by atoms with Gasteiger partial charge in [0, 0.05) is 6.42 Å². The summed E-state index contributed by atoms with van der Waals surface area (Å²) in [6.45, 7) is -3.81. The summed E-state index contributed by atoms with van der Waals surface area (Å²) in [5, 5.41) is 19.1. The van der Waals surface area contributed by atoms with E-state index in [2.05, 4.69) is 15.9 Å². The van der Waals surface area contributed by atoms with Crippen LogP contribution in [0.2, 0.25) is 0 Å². The largest absolute Gasteiger partial charge is 0.393 e. The highest BCUT2D eigenvalue weighted by Crippen LogP contribution is 2.52. The van der Waals surface area contributed by atoms with Crippen LogP contribution in [0, 0.1) is 0 Å². The van der Waals surface area contributed by atoms with Crippen LogP contribution in [0.4, 0.5) is 0 Å². The van der Waals surface area contributed by atoms with Crippen molar-refractivity contribution < 1.29 is 38.4 Å². The first kappa shape index (κ1) is 18.7. The number of hydrogen-bond donors (Lipinski definition) is 3. The summed E-state index contributed by atoms with van der Waals surface area (Å²) in [6, 6.07) is -0.273. The molecule has 3 aliphatic heterocycles. The summed E-state index contributed by atoms with van der Waals surface area (Å²) in [4.78, 5) is 10.3. The third-order valence-electron chi connectivity index (χ3n) is 4.32. The Kier molecular flexibility index (Phi) is 5.59. The predicted octanol–water partition coefficient (Wildman–Crippen LogP) is -1.40. The van der Waals surface area contributed by atoms with Crippen molar-refractivity contribution >= 4 is 42.3 Å². The van der Waals surface area contributed by atoms with Crippen LogP contribution >= 0.6 is 22.6 Å². The summed E-state index contributed by atoms with van der Waals surface area (Å²) in [5.74, 6) is 0. The molecule has 8 atom stereocenters. The monoisotopic (exact) mass is 432 g/mol. The highest BCUT2D eigenvalue weighted by molar-refractivity contribution is 9.09. The third-order valence-corrected chi connectivity index (χ3v) is 6.45. The van der Waals surface area contributed by atoms with Crippen molar-refractivity contribution in [2.75, 3.05) is 19.8 Å². The van der Waals surface area contributed by atoms with Crippen molar-refractivity contribution in [3.63, 3.8) is 0 Å². The molecule has 0 aliphatic carbocycles. The Labute approximate surface area is 148 Å². The van der Waals surface area contributed by atoms with E-state index in [9.17, 15) is 15.1 Å². The molecular formula is C11H19BBrO8PS. The molecule has 3 N–H and O–H groups in total. The van der Waals surface area contributed by atoms with E-state index in [4.69, 9.17) is 35.1 Å². The molecule has 0 aromatic heterocycles. The first-order valence-electron chi connectivity index (χ1n) is 7.30. The first-order chi connectivity index (χ1) is 10.8. The van der Waals surface area contributed by atoms with Crippen LogP contribution in [0.3, 0.4) is 0 Å². The van der Waals surface area contributed by atoms with Crippen molar-refractivity contribution in [1.82, 2.24) is 0 Å². The molecule has 0 amide bonds. The Morgan fingerprint density at radius 2 is 2.22 bits per heavy atom. The van der Waals surface area contributed by atoms with E-state index < -0.39 is 36.7 Å². The normalized spacial score (nSPS) is 48.7. The maximum Gasteiger partial charge on any atom is 0.325 e. The summed E-state index contributed by atoms with van der Waals surface area (Å²) in [7, 11) is 1.80. The Hall–Kier alpha value is 0.875. The van der Waals surface area contributed by atoms with Gasteiger partial charge in [0.1, 0.15) is 36.8 Å². The minimum atomic E-state index is -3.60. The second kappa shape index (κ2) is 6.88. The van der Waals surface area contributed by atoms with Gasteiger partial charge in [-0.05, 0) is 11.8 Å². The van der Waals surface area contributed by atoms with Gasteiger partial charge >= 0.3 is 6.72 Å². The topological polar surface area (TPSA) is 107 Å². The van der Waals surface area contributed by atoms with Crippen molar-refractivity contribution in [3.05, 3.63) is 0 Å². The highest BCUT2D eigenvalue weighted by Gasteiger charge is 2.61. The zero-order valence-corrected chi connectivity index (χ0v) is 15.7. The molecule has 3 heterocycles. The maximum absolute atomic E-state index is 10.3. The van der Waals surface area contributed by atoms with Gasteiger partial charge in [0.05, 0.1) is 31.9 Å². The number of alkyl halides is 1. The van der Waals surface area contributed by atoms with E-state index in [-0.39, 0.29) is 30.8 Å². The van der Waals surface area contributed by atoms with Crippen LogP contribution < -0.4 is 0 Å². The molecule has 0 spiro atoms. The number of rotatable bonds is 6. The van der Waals surface area contributed by atoms with E-state index in [1.54, 1.807) is 7.85 Å². The molecule has 12 heteroatoms. The standard InChI is InChI=1S/C11H19BBrO8PS/c12-10-8-9(11(3-14,20-10)4-17-8)21-22(16,23)18-2-6-5(15)1-7(13)19-6/h5-10,14-15H,1-4,12H2,(H,16,23)/t5?,6-,7-,8?,9?,10-,11+,22?/m1/s1. The summed E-state index contributed by atoms with van der Waals surface area (Å²) < 4.78 is 27.5. The Morgan fingerprint density at radius 1 is 1.48 bits per heavy atom. The van der Waals surface area contributed by atoms with Crippen molar-refractivity contribution in [3.8, 4) is 0 Å². The van der Waals surface area contributed by atoms with Crippen LogP contribution in [-0.4, -0.2) is 83.8 Å².